The van der Waals surface area contributed by atoms with Crippen molar-refractivity contribution in [2.75, 3.05) is 13.1 Å². The van der Waals surface area contributed by atoms with E-state index in [1.54, 1.807) is 4.90 Å². The van der Waals surface area contributed by atoms with Crippen LogP contribution in [0.4, 0.5) is 0 Å². The maximum Gasteiger partial charge on any atom is 0.335 e. The molecule has 3 rings (SSSR count). The Morgan fingerprint density at radius 2 is 1.56 bits per heavy atom. The van der Waals surface area contributed by atoms with Crippen molar-refractivity contribution in [1.29, 1.82) is 0 Å². The van der Waals surface area contributed by atoms with Gasteiger partial charge in [-0.15, -0.1) is 0 Å². The number of aromatic carboxylic acids is 1. The summed E-state index contributed by atoms with van der Waals surface area (Å²) in [6, 6.07) is 11.0. The van der Waals surface area contributed by atoms with E-state index in [0.29, 0.717) is 24.0 Å². The third-order valence-corrected chi connectivity index (χ3v) is 6.24. The number of halogens is 2. The molecule has 8 heteroatoms. The molecule has 0 spiro atoms. The Morgan fingerprint density at radius 3 is 2.12 bits per heavy atom. The first-order chi connectivity index (χ1) is 15.2. The molecule has 2 N–H and O–H groups in total. The van der Waals surface area contributed by atoms with E-state index in [1.165, 1.54) is 23.8 Å². The van der Waals surface area contributed by atoms with Crippen LogP contribution in [-0.2, 0) is 4.79 Å². The molecular weight excluding hydrogens is 451 g/mol. The molecule has 170 valence electrons. The number of hydrogen-bond acceptors (Lipinski definition) is 3. The van der Waals surface area contributed by atoms with E-state index in [-0.39, 0.29) is 28.0 Å². The molecule has 6 nitrogen and oxygen atoms in total. The molecule has 2 aromatic rings. The second-order valence-electron chi connectivity index (χ2n) is 8.38. The number of likely N-dealkylation sites (tertiary alicyclic amines) is 1. The maximum atomic E-state index is 13.2. The highest BCUT2D eigenvalue weighted by Crippen LogP contribution is 2.29. The molecule has 0 aromatic heterocycles. The smallest absolute Gasteiger partial charge is 0.335 e. The van der Waals surface area contributed by atoms with Crippen molar-refractivity contribution in [3.05, 3.63) is 69.2 Å². The first-order valence-electron chi connectivity index (χ1n) is 10.5. The zero-order chi connectivity index (χ0) is 23.4. The molecule has 1 atom stereocenters. The van der Waals surface area contributed by atoms with E-state index in [1.807, 2.05) is 38.1 Å². The van der Waals surface area contributed by atoms with Crippen LogP contribution in [0.1, 0.15) is 58.9 Å². The van der Waals surface area contributed by atoms with Crippen LogP contribution in [0.2, 0.25) is 10.0 Å². The number of amides is 2. The average Bonchev–Trinajstić information content (AvgIpc) is 2.76. The van der Waals surface area contributed by atoms with Gasteiger partial charge in [-0.05, 0) is 60.6 Å². The van der Waals surface area contributed by atoms with Gasteiger partial charge in [-0.1, -0.05) is 49.2 Å². The fourth-order valence-electron chi connectivity index (χ4n) is 3.95. The van der Waals surface area contributed by atoms with Crippen LogP contribution in [0.5, 0.6) is 0 Å². The number of carboxylic acids is 1. The second kappa shape index (κ2) is 10.4. The molecule has 2 aromatic carbocycles. The first kappa shape index (κ1) is 24.1. The first-order valence-corrected chi connectivity index (χ1v) is 11.3. The molecule has 1 saturated heterocycles. The Balaban J connectivity index is 1.67. The normalized spacial score (nSPS) is 15.5. The Morgan fingerprint density at radius 1 is 0.969 bits per heavy atom. The zero-order valence-electron chi connectivity index (χ0n) is 18.0. The van der Waals surface area contributed by atoms with Gasteiger partial charge in [-0.25, -0.2) is 4.79 Å². The summed E-state index contributed by atoms with van der Waals surface area (Å²) >= 11 is 11.9. The minimum absolute atomic E-state index is 0.0839. The number of carbonyl (C=O) groups is 3. The highest BCUT2D eigenvalue weighted by atomic mass is 35.5. The largest absolute Gasteiger partial charge is 0.478 e. The molecule has 0 radical (unpaired) electrons. The van der Waals surface area contributed by atoms with Gasteiger partial charge < -0.3 is 15.3 Å². The van der Waals surface area contributed by atoms with Gasteiger partial charge in [0.25, 0.3) is 5.91 Å². The molecule has 0 saturated carbocycles. The lowest BCUT2D eigenvalue weighted by Gasteiger charge is -2.35. The van der Waals surface area contributed by atoms with Gasteiger partial charge in [0.15, 0.2) is 0 Å². The van der Waals surface area contributed by atoms with Crippen LogP contribution < -0.4 is 5.32 Å². The van der Waals surface area contributed by atoms with Crippen molar-refractivity contribution in [3.8, 4) is 0 Å². The fourth-order valence-corrected chi connectivity index (χ4v) is 4.31. The van der Waals surface area contributed by atoms with Gasteiger partial charge in [0.05, 0.1) is 5.56 Å². The number of nitrogens with one attached hydrogen (secondary N) is 1. The van der Waals surface area contributed by atoms with Crippen molar-refractivity contribution in [2.24, 2.45) is 5.92 Å². The Kier molecular flexibility index (Phi) is 7.80. The summed E-state index contributed by atoms with van der Waals surface area (Å²) < 4.78 is 0. The highest BCUT2D eigenvalue weighted by Gasteiger charge is 2.32. The third kappa shape index (κ3) is 5.81. The Hall–Kier alpha value is -2.57. The lowest BCUT2D eigenvalue weighted by atomic mass is 9.89. The summed E-state index contributed by atoms with van der Waals surface area (Å²) in [5.41, 5.74) is 1.24. The molecule has 0 unspecified atom stereocenters. The molecule has 1 heterocycles. The second-order valence-corrected chi connectivity index (χ2v) is 9.25. The van der Waals surface area contributed by atoms with Crippen molar-refractivity contribution in [3.63, 3.8) is 0 Å². The maximum absolute atomic E-state index is 13.2. The summed E-state index contributed by atoms with van der Waals surface area (Å²) in [5.74, 6) is -1.62. The number of nitrogens with zero attached hydrogens (tertiary/aromatic N) is 1. The van der Waals surface area contributed by atoms with Gasteiger partial charge in [-0.3, -0.25) is 9.59 Å². The number of hydrogen-bond donors (Lipinski definition) is 2. The quantitative estimate of drug-likeness (QED) is 0.623. The van der Waals surface area contributed by atoms with Crippen molar-refractivity contribution in [2.45, 2.75) is 38.6 Å². The van der Waals surface area contributed by atoms with Crippen LogP contribution in [-0.4, -0.2) is 46.9 Å². The van der Waals surface area contributed by atoms with E-state index < -0.39 is 17.9 Å². The lowest BCUT2D eigenvalue weighted by Crippen LogP contribution is -2.52. The van der Waals surface area contributed by atoms with E-state index in [9.17, 15) is 19.5 Å². The summed E-state index contributed by atoms with van der Waals surface area (Å²) in [7, 11) is 0. The molecule has 0 aliphatic carbocycles. The number of rotatable bonds is 6. The topological polar surface area (TPSA) is 86.7 Å². The lowest BCUT2D eigenvalue weighted by molar-refractivity contribution is -0.135. The number of benzene rings is 2. The molecule has 32 heavy (non-hydrogen) atoms. The minimum Gasteiger partial charge on any atom is -0.478 e. The van der Waals surface area contributed by atoms with E-state index >= 15 is 0 Å². The highest BCUT2D eigenvalue weighted by molar-refractivity contribution is 6.31. The fraction of sp³-hybridized carbons (Fsp3) is 0.375. The Bertz CT molecular complexity index is 1000. The average molecular weight is 477 g/mol. The molecule has 1 aliphatic rings. The van der Waals surface area contributed by atoms with Crippen molar-refractivity contribution >= 4 is 41.0 Å². The monoisotopic (exact) mass is 476 g/mol. The summed E-state index contributed by atoms with van der Waals surface area (Å²) in [5, 5.41) is 12.8. The van der Waals surface area contributed by atoms with E-state index in [2.05, 4.69) is 5.32 Å². The predicted octanol–water partition coefficient (Wildman–Crippen LogP) is 4.85. The molecule has 1 fully saturated rings. The third-order valence-electron chi connectivity index (χ3n) is 5.77. The molecular formula is C24H26Cl2N2O4. The van der Waals surface area contributed by atoms with Gasteiger partial charge in [0, 0.05) is 28.7 Å². The Labute approximate surface area is 197 Å². The van der Waals surface area contributed by atoms with Crippen LogP contribution in [0.15, 0.2) is 42.5 Å². The standard InChI is InChI=1S/C24H26Cl2N2O4/c1-14(2)21(27-22(29)17-11-18(24(31)32)13-20(26)12-17)23(30)28-9-7-16(8-10-28)15-3-5-19(25)6-4-15/h3-6,11-14,16,21H,7-10H2,1-2H3,(H,27,29)(H,31,32)/t21-/m1/s1. The van der Waals surface area contributed by atoms with Gasteiger partial charge >= 0.3 is 5.97 Å². The van der Waals surface area contributed by atoms with Crippen LogP contribution in [0.3, 0.4) is 0 Å². The van der Waals surface area contributed by atoms with Gasteiger partial charge in [-0.2, -0.15) is 0 Å². The number of carboxylic acid groups (broad SMARTS) is 1. The summed E-state index contributed by atoms with van der Waals surface area (Å²) in [6.07, 6.45) is 1.67. The van der Waals surface area contributed by atoms with Crippen LogP contribution in [0, 0.1) is 5.92 Å². The number of piperidine rings is 1. The SMILES string of the molecule is CC(C)[C@@H](NC(=O)c1cc(Cl)cc(C(=O)O)c1)C(=O)N1CCC(c2ccc(Cl)cc2)CC1. The summed E-state index contributed by atoms with van der Waals surface area (Å²) in [6.45, 7) is 4.94. The van der Waals surface area contributed by atoms with E-state index in [4.69, 9.17) is 23.2 Å². The van der Waals surface area contributed by atoms with Crippen LogP contribution in [0.25, 0.3) is 0 Å². The minimum atomic E-state index is -1.18. The molecule has 1 aliphatic heterocycles. The molecule has 2 amide bonds. The zero-order valence-corrected chi connectivity index (χ0v) is 19.5. The molecule has 0 bridgehead atoms. The number of carbonyl (C=O) groups excluding carboxylic acids is 2. The van der Waals surface area contributed by atoms with Crippen molar-refractivity contribution < 1.29 is 19.5 Å². The van der Waals surface area contributed by atoms with Crippen molar-refractivity contribution in [1.82, 2.24) is 10.2 Å². The predicted molar refractivity (Wildman–Crippen MR) is 125 cm³/mol. The van der Waals surface area contributed by atoms with E-state index in [0.717, 1.165) is 12.8 Å². The van der Waals surface area contributed by atoms with Gasteiger partial charge in [0.2, 0.25) is 5.91 Å². The van der Waals surface area contributed by atoms with Crippen LogP contribution >= 0.6 is 23.2 Å². The summed E-state index contributed by atoms with van der Waals surface area (Å²) in [4.78, 5) is 39.1. The van der Waals surface area contributed by atoms with Gasteiger partial charge in [0.1, 0.15) is 6.04 Å².